The number of ether oxygens (including phenoxy) is 2. The molecule has 10 heteroatoms. The Morgan fingerprint density at radius 1 is 1.23 bits per heavy atom. The van der Waals surface area contributed by atoms with Crippen molar-refractivity contribution in [1.29, 1.82) is 0 Å². The molecule has 0 radical (unpaired) electrons. The molecule has 0 saturated heterocycles. The lowest BCUT2D eigenvalue weighted by Gasteiger charge is -2.20. The normalized spacial score (nSPS) is 15.2. The van der Waals surface area contributed by atoms with Gasteiger partial charge < -0.3 is 19.2 Å². The molecule has 0 unspecified atom stereocenters. The van der Waals surface area contributed by atoms with Crippen LogP contribution in [0.25, 0.3) is 0 Å². The highest BCUT2D eigenvalue weighted by Crippen LogP contribution is 2.40. The van der Waals surface area contributed by atoms with Gasteiger partial charge in [-0.15, -0.1) is 10.2 Å². The highest BCUT2D eigenvalue weighted by atomic mass is 79.9. The standard InChI is InChI=1S/C20H19BrN4O4S/c21-14-8-16-17(29-7-6-28-16)9-15(14)22-18(26)11-30-20-24-23-19(12-3-4-12)25(20)10-13-2-1-5-27-13/h1-2,5,8-9,12H,3-4,6-7,10-11H2,(H,22,26). The van der Waals surface area contributed by atoms with Gasteiger partial charge in [0.05, 0.1) is 24.2 Å². The average molecular weight is 491 g/mol. The molecule has 8 nitrogen and oxygen atoms in total. The summed E-state index contributed by atoms with van der Waals surface area (Å²) in [6.07, 6.45) is 3.90. The van der Waals surface area contributed by atoms with Crippen LogP contribution < -0.4 is 14.8 Å². The van der Waals surface area contributed by atoms with Crippen molar-refractivity contribution in [2.24, 2.45) is 0 Å². The van der Waals surface area contributed by atoms with Crippen molar-refractivity contribution >= 4 is 39.3 Å². The number of anilines is 1. The first kappa shape index (κ1) is 19.5. The van der Waals surface area contributed by atoms with E-state index in [9.17, 15) is 4.79 Å². The number of furan rings is 1. The summed E-state index contributed by atoms with van der Waals surface area (Å²) < 4.78 is 19.4. The van der Waals surface area contributed by atoms with E-state index in [1.54, 1.807) is 18.4 Å². The van der Waals surface area contributed by atoms with E-state index in [2.05, 4.69) is 36.0 Å². The number of fused-ring (bicyclic) bond motifs is 1. The zero-order valence-corrected chi connectivity index (χ0v) is 18.4. The number of rotatable bonds is 7. The first-order valence-electron chi connectivity index (χ1n) is 9.64. The summed E-state index contributed by atoms with van der Waals surface area (Å²) in [5, 5.41) is 12.3. The minimum atomic E-state index is -0.141. The summed E-state index contributed by atoms with van der Waals surface area (Å²) in [6, 6.07) is 7.37. The summed E-state index contributed by atoms with van der Waals surface area (Å²) in [6.45, 7) is 1.57. The van der Waals surface area contributed by atoms with Crippen LogP contribution in [0.1, 0.15) is 30.3 Å². The number of aromatic nitrogens is 3. The zero-order valence-electron chi connectivity index (χ0n) is 16.0. The Morgan fingerprint density at radius 3 is 2.77 bits per heavy atom. The molecule has 2 aliphatic rings. The highest BCUT2D eigenvalue weighted by molar-refractivity contribution is 9.10. The molecule has 156 valence electrons. The quantitative estimate of drug-likeness (QED) is 0.499. The summed E-state index contributed by atoms with van der Waals surface area (Å²) in [4.78, 5) is 12.6. The van der Waals surface area contributed by atoms with E-state index in [1.165, 1.54) is 11.8 Å². The first-order valence-corrected chi connectivity index (χ1v) is 11.4. The summed E-state index contributed by atoms with van der Waals surface area (Å²) in [5.41, 5.74) is 0.639. The van der Waals surface area contributed by atoms with E-state index < -0.39 is 0 Å². The fourth-order valence-corrected chi connectivity index (χ4v) is 4.40. The van der Waals surface area contributed by atoms with Gasteiger partial charge in [-0.3, -0.25) is 9.36 Å². The molecule has 0 spiro atoms. The van der Waals surface area contributed by atoms with Gasteiger partial charge in [0.2, 0.25) is 5.91 Å². The Morgan fingerprint density at radius 2 is 2.03 bits per heavy atom. The molecular weight excluding hydrogens is 472 g/mol. The maximum atomic E-state index is 12.6. The van der Waals surface area contributed by atoms with E-state index in [4.69, 9.17) is 13.9 Å². The number of benzene rings is 1. The Hall–Kier alpha value is -2.46. The van der Waals surface area contributed by atoms with E-state index in [0.29, 0.717) is 48.0 Å². The second kappa shape index (κ2) is 8.35. The van der Waals surface area contributed by atoms with Gasteiger partial charge in [-0.2, -0.15) is 0 Å². The lowest BCUT2D eigenvalue weighted by atomic mass is 10.2. The van der Waals surface area contributed by atoms with Gasteiger partial charge in [-0.1, -0.05) is 11.8 Å². The molecule has 2 aromatic heterocycles. The third-order valence-corrected chi connectivity index (χ3v) is 6.44. The van der Waals surface area contributed by atoms with E-state index in [-0.39, 0.29) is 11.7 Å². The number of hydrogen-bond acceptors (Lipinski definition) is 7. The number of carbonyl (C=O) groups excluding carboxylic acids is 1. The Kier molecular flexibility index (Phi) is 5.43. The van der Waals surface area contributed by atoms with Gasteiger partial charge in [0.1, 0.15) is 24.8 Å². The predicted molar refractivity (Wildman–Crippen MR) is 114 cm³/mol. The van der Waals surface area contributed by atoms with Crippen molar-refractivity contribution in [1.82, 2.24) is 14.8 Å². The molecule has 30 heavy (non-hydrogen) atoms. The van der Waals surface area contributed by atoms with Crippen LogP contribution in [-0.4, -0.2) is 39.6 Å². The molecule has 1 saturated carbocycles. The Bertz CT molecular complexity index is 1070. The monoisotopic (exact) mass is 490 g/mol. The third-order valence-electron chi connectivity index (χ3n) is 4.82. The molecule has 0 bridgehead atoms. The van der Waals surface area contributed by atoms with Crippen LogP contribution in [0.2, 0.25) is 0 Å². The predicted octanol–water partition coefficient (Wildman–Crippen LogP) is 4.06. The Labute approximate surface area is 185 Å². The largest absolute Gasteiger partial charge is 0.486 e. The van der Waals surface area contributed by atoms with Crippen molar-refractivity contribution in [2.75, 3.05) is 24.3 Å². The van der Waals surface area contributed by atoms with E-state index in [1.807, 2.05) is 12.1 Å². The number of hydrogen-bond donors (Lipinski definition) is 1. The van der Waals surface area contributed by atoms with Gasteiger partial charge >= 0.3 is 0 Å². The van der Waals surface area contributed by atoms with Gasteiger partial charge in [-0.25, -0.2) is 0 Å². The van der Waals surface area contributed by atoms with Crippen LogP contribution in [-0.2, 0) is 11.3 Å². The molecule has 1 aliphatic carbocycles. The van der Waals surface area contributed by atoms with Crippen molar-refractivity contribution in [2.45, 2.75) is 30.5 Å². The van der Waals surface area contributed by atoms with Crippen molar-refractivity contribution in [3.05, 3.63) is 46.6 Å². The van der Waals surface area contributed by atoms with Gasteiger partial charge in [0, 0.05) is 22.5 Å². The van der Waals surface area contributed by atoms with Gasteiger partial charge in [0.15, 0.2) is 16.7 Å². The highest BCUT2D eigenvalue weighted by Gasteiger charge is 2.31. The summed E-state index contributed by atoms with van der Waals surface area (Å²) >= 11 is 4.84. The molecule has 3 heterocycles. The van der Waals surface area contributed by atoms with Crippen LogP contribution in [0.3, 0.4) is 0 Å². The Balaban J connectivity index is 1.27. The fraction of sp³-hybridized carbons (Fsp3) is 0.350. The third kappa shape index (κ3) is 4.20. The molecule has 3 aromatic rings. The molecule has 1 fully saturated rings. The smallest absolute Gasteiger partial charge is 0.234 e. The number of nitrogens with one attached hydrogen (secondary N) is 1. The van der Waals surface area contributed by atoms with Crippen LogP contribution in [0.15, 0.2) is 44.6 Å². The topological polar surface area (TPSA) is 91.4 Å². The SMILES string of the molecule is O=C(CSc1nnc(C2CC2)n1Cc1ccco1)Nc1cc2c(cc1Br)OCCO2. The maximum absolute atomic E-state index is 12.6. The lowest BCUT2D eigenvalue weighted by molar-refractivity contribution is -0.113. The number of halogens is 1. The minimum Gasteiger partial charge on any atom is -0.486 e. The second-order valence-corrected chi connectivity index (χ2v) is 8.89. The molecule has 1 aliphatic heterocycles. The number of carbonyl (C=O) groups is 1. The summed E-state index contributed by atoms with van der Waals surface area (Å²) in [5.74, 6) is 3.61. The van der Waals surface area contributed by atoms with Gasteiger partial charge in [0.25, 0.3) is 0 Å². The fourth-order valence-electron chi connectivity index (χ4n) is 3.23. The molecule has 1 amide bonds. The first-order chi connectivity index (χ1) is 14.7. The second-order valence-electron chi connectivity index (χ2n) is 7.09. The van der Waals surface area contributed by atoms with Crippen LogP contribution in [0.5, 0.6) is 11.5 Å². The number of amides is 1. The van der Waals surface area contributed by atoms with E-state index >= 15 is 0 Å². The molecule has 5 rings (SSSR count). The minimum absolute atomic E-state index is 0.141. The zero-order chi connectivity index (χ0) is 20.5. The van der Waals surface area contributed by atoms with Crippen LogP contribution in [0.4, 0.5) is 5.69 Å². The van der Waals surface area contributed by atoms with Crippen LogP contribution in [0, 0.1) is 0 Å². The molecule has 0 atom stereocenters. The average Bonchev–Trinajstić information content (AvgIpc) is 3.30. The van der Waals surface area contributed by atoms with Gasteiger partial charge in [-0.05, 0) is 40.9 Å². The molecule has 1 N–H and O–H groups in total. The summed E-state index contributed by atoms with van der Waals surface area (Å²) in [7, 11) is 0. The lowest BCUT2D eigenvalue weighted by Crippen LogP contribution is -2.18. The number of thioether (sulfide) groups is 1. The van der Waals surface area contributed by atoms with Crippen molar-refractivity contribution in [3.63, 3.8) is 0 Å². The van der Waals surface area contributed by atoms with Crippen molar-refractivity contribution in [3.8, 4) is 11.5 Å². The van der Waals surface area contributed by atoms with Crippen LogP contribution >= 0.6 is 27.7 Å². The van der Waals surface area contributed by atoms with E-state index in [0.717, 1.165) is 28.9 Å². The molecular formula is C20H19BrN4O4S. The molecule has 1 aromatic carbocycles. The number of nitrogens with zero attached hydrogens (tertiary/aromatic N) is 3. The maximum Gasteiger partial charge on any atom is 0.234 e. The van der Waals surface area contributed by atoms with Crippen molar-refractivity contribution < 1.29 is 18.7 Å².